The standard InChI is InChI=1S/C9H9FN2O3/c10-6-2-1-3-7(4-6)12-9(15)11-5-8(13)14/h1-4H,5H2,(H,13,14)(H2,11,12,15). The Bertz CT molecular complexity index is 381. The van der Waals surface area contributed by atoms with Crippen molar-refractivity contribution in [3.63, 3.8) is 0 Å². The molecule has 1 rings (SSSR count). The Balaban J connectivity index is 2.48. The van der Waals surface area contributed by atoms with E-state index in [1.54, 1.807) is 0 Å². The fourth-order valence-electron chi connectivity index (χ4n) is 0.897. The van der Waals surface area contributed by atoms with Gasteiger partial charge in [-0.2, -0.15) is 0 Å². The Labute approximate surface area is 84.9 Å². The molecule has 0 atom stereocenters. The van der Waals surface area contributed by atoms with Crippen molar-refractivity contribution >= 4 is 17.7 Å². The predicted molar refractivity (Wildman–Crippen MR) is 51.1 cm³/mol. The molecule has 0 aliphatic rings. The summed E-state index contributed by atoms with van der Waals surface area (Å²) in [4.78, 5) is 21.1. The van der Waals surface area contributed by atoms with Gasteiger partial charge in [0.05, 0.1) is 0 Å². The monoisotopic (exact) mass is 212 g/mol. The van der Waals surface area contributed by atoms with Crippen LogP contribution in [-0.2, 0) is 4.79 Å². The third kappa shape index (κ3) is 4.08. The second-order valence-corrected chi connectivity index (χ2v) is 2.71. The summed E-state index contributed by atoms with van der Waals surface area (Å²) in [6.45, 7) is -0.485. The van der Waals surface area contributed by atoms with Crippen molar-refractivity contribution < 1.29 is 19.1 Å². The van der Waals surface area contributed by atoms with Gasteiger partial charge in [-0.05, 0) is 18.2 Å². The molecule has 5 nitrogen and oxygen atoms in total. The highest BCUT2D eigenvalue weighted by Crippen LogP contribution is 2.08. The number of amides is 2. The maximum atomic E-state index is 12.7. The molecule has 0 bridgehead atoms. The van der Waals surface area contributed by atoms with E-state index in [1.807, 2.05) is 0 Å². The van der Waals surface area contributed by atoms with E-state index in [4.69, 9.17) is 5.11 Å². The van der Waals surface area contributed by atoms with Crippen LogP contribution >= 0.6 is 0 Å². The van der Waals surface area contributed by atoms with Crippen molar-refractivity contribution in [2.24, 2.45) is 0 Å². The van der Waals surface area contributed by atoms with Crippen molar-refractivity contribution in [2.75, 3.05) is 11.9 Å². The van der Waals surface area contributed by atoms with E-state index < -0.39 is 24.4 Å². The lowest BCUT2D eigenvalue weighted by molar-refractivity contribution is -0.135. The molecule has 0 aliphatic carbocycles. The normalized spacial score (nSPS) is 9.40. The molecule has 2 amide bonds. The maximum Gasteiger partial charge on any atom is 0.323 e. The third-order valence-electron chi connectivity index (χ3n) is 1.48. The molecule has 15 heavy (non-hydrogen) atoms. The molecule has 0 radical (unpaired) electrons. The minimum atomic E-state index is -1.15. The molecule has 0 fully saturated rings. The topological polar surface area (TPSA) is 78.4 Å². The first kappa shape index (κ1) is 11.0. The van der Waals surface area contributed by atoms with E-state index in [-0.39, 0.29) is 5.69 Å². The van der Waals surface area contributed by atoms with Crippen LogP contribution < -0.4 is 10.6 Å². The van der Waals surface area contributed by atoms with Crippen LogP contribution in [0.4, 0.5) is 14.9 Å². The summed E-state index contributed by atoms with van der Waals surface area (Å²) in [6, 6.07) is 4.59. The summed E-state index contributed by atoms with van der Waals surface area (Å²) >= 11 is 0. The van der Waals surface area contributed by atoms with Gasteiger partial charge in [-0.3, -0.25) is 4.79 Å². The molecule has 0 spiro atoms. The van der Waals surface area contributed by atoms with E-state index in [0.717, 1.165) is 6.07 Å². The molecule has 0 aromatic heterocycles. The fraction of sp³-hybridized carbons (Fsp3) is 0.111. The molecular formula is C9H9FN2O3. The van der Waals surface area contributed by atoms with Crippen molar-refractivity contribution in [1.29, 1.82) is 0 Å². The second-order valence-electron chi connectivity index (χ2n) is 2.71. The van der Waals surface area contributed by atoms with Crippen LogP contribution in [-0.4, -0.2) is 23.7 Å². The summed E-state index contributed by atoms with van der Waals surface area (Å²) in [5.74, 6) is -1.63. The summed E-state index contributed by atoms with van der Waals surface area (Å²) < 4.78 is 12.7. The van der Waals surface area contributed by atoms with Crippen molar-refractivity contribution in [1.82, 2.24) is 5.32 Å². The highest BCUT2D eigenvalue weighted by molar-refractivity contribution is 5.91. The van der Waals surface area contributed by atoms with Gasteiger partial charge in [-0.1, -0.05) is 6.07 Å². The van der Waals surface area contributed by atoms with Crippen LogP contribution in [0.5, 0.6) is 0 Å². The molecule has 0 heterocycles. The lowest BCUT2D eigenvalue weighted by atomic mass is 10.3. The number of hydrogen-bond acceptors (Lipinski definition) is 2. The van der Waals surface area contributed by atoms with Crippen LogP contribution in [0.15, 0.2) is 24.3 Å². The van der Waals surface area contributed by atoms with Gasteiger partial charge >= 0.3 is 12.0 Å². The summed E-state index contributed by atoms with van der Waals surface area (Å²) in [5, 5.41) is 12.6. The molecule has 1 aromatic rings. The smallest absolute Gasteiger partial charge is 0.323 e. The summed E-state index contributed by atoms with van der Waals surface area (Å²) in [7, 11) is 0. The molecule has 0 unspecified atom stereocenters. The quantitative estimate of drug-likeness (QED) is 0.700. The Morgan fingerprint density at radius 1 is 1.40 bits per heavy atom. The number of rotatable bonds is 3. The van der Waals surface area contributed by atoms with Crippen LogP contribution in [0.3, 0.4) is 0 Å². The average molecular weight is 212 g/mol. The molecule has 0 saturated heterocycles. The SMILES string of the molecule is O=C(O)CNC(=O)Nc1cccc(F)c1. The highest BCUT2D eigenvalue weighted by atomic mass is 19.1. The van der Waals surface area contributed by atoms with Gasteiger partial charge in [0.15, 0.2) is 0 Å². The van der Waals surface area contributed by atoms with Crippen LogP contribution in [0.25, 0.3) is 0 Å². The number of aliphatic carboxylic acids is 1. The summed E-state index contributed by atoms with van der Waals surface area (Å²) in [6.07, 6.45) is 0. The maximum absolute atomic E-state index is 12.7. The lowest BCUT2D eigenvalue weighted by Crippen LogP contribution is -2.33. The number of carbonyl (C=O) groups is 2. The molecular weight excluding hydrogens is 203 g/mol. The van der Waals surface area contributed by atoms with E-state index in [9.17, 15) is 14.0 Å². The van der Waals surface area contributed by atoms with E-state index in [0.29, 0.717) is 0 Å². The van der Waals surface area contributed by atoms with E-state index in [2.05, 4.69) is 10.6 Å². The van der Waals surface area contributed by atoms with Crippen molar-refractivity contribution in [3.05, 3.63) is 30.1 Å². The number of benzene rings is 1. The number of carboxylic acids is 1. The highest BCUT2D eigenvalue weighted by Gasteiger charge is 2.03. The van der Waals surface area contributed by atoms with Gasteiger partial charge in [0.2, 0.25) is 0 Å². The summed E-state index contributed by atoms with van der Waals surface area (Å²) in [5.41, 5.74) is 0.262. The Morgan fingerprint density at radius 2 is 2.13 bits per heavy atom. The number of carbonyl (C=O) groups excluding carboxylic acids is 1. The number of nitrogens with one attached hydrogen (secondary N) is 2. The number of hydrogen-bond donors (Lipinski definition) is 3. The minimum absolute atomic E-state index is 0.262. The molecule has 80 valence electrons. The number of urea groups is 1. The van der Waals surface area contributed by atoms with Gasteiger partial charge in [0.25, 0.3) is 0 Å². The Hall–Kier alpha value is -2.11. The zero-order valence-corrected chi connectivity index (χ0v) is 7.66. The van der Waals surface area contributed by atoms with Crippen LogP contribution in [0, 0.1) is 5.82 Å². The van der Waals surface area contributed by atoms with Gasteiger partial charge in [0, 0.05) is 5.69 Å². The zero-order chi connectivity index (χ0) is 11.3. The van der Waals surface area contributed by atoms with E-state index in [1.165, 1.54) is 18.2 Å². The molecule has 6 heteroatoms. The third-order valence-corrected chi connectivity index (χ3v) is 1.48. The largest absolute Gasteiger partial charge is 0.480 e. The number of anilines is 1. The predicted octanol–water partition coefficient (Wildman–Crippen LogP) is 1.03. The second kappa shape index (κ2) is 4.94. The zero-order valence-electron chi connectivity index (χ0n) is 7.66. The molecule has 1 aromatic carbocycles. The van der Waals surface area contributed by atoms with Crippen LogP contribution in [0.1, 0.15) is 0 Å². The van der Waals surface area contributed by atoms with Crippen LogP contribution in [0.2, 0.25) is 0 Å². The van der Waals surface area contributed by atoms with Crippen molar-refractivity contribution in [3.8, 4) is 0 Å². The fourth-order valence-corrected chi connectivity index (χ4v) is 0.897. The van der Waals surface area contributed by atoms with Gasteiger partial charge in [-0.15, -0.1) is 0 Å². The first-order chi connectivity index (χ1) is 7.08. The van der Waals surface area contributed by atoms with Gasteiger partial charge < -0.3 is 15.7 Å². The number of carboxylic acid groups (broad SMARTS) is 1. The Kier molecular flexibility index (Phi) is 3.61. The molecule has 0 saturated carbocycles. The van der Waals surface area contributed by atoms with E-state index >= 15 is 0 Å². The van der Waals surface area contributed by atoms with Crippen molar-refractivity contribution in [2.45, 2.75) is 0 Å². The number of halogens is 1. The molecule has 0 aliphatic heterocycles. The molecule has 3 N–H and O–H groups in total. The lowest BCUT2D eigenvalue weighted by Gasteiger charge is -2.05. The van der Waals surface area contributed by atoms with Gasteiger partial charge in [0.1, 0.15) is 12.4 Å². The first-order valence-electron chi connectivity index (χ1n) is 4.10. The Morgan fingerprint density at radius 3 is 2.73 bits per heavy atom. The average Bonchev–Trinajstić information content (AvgIpc) is 2.15. The first-order valence-corrected chi connectivity index (χ1v) is 4.10. The minimum Gasteiger partial charge on any atom is -0.480 e. The van der Waals surface area contributed by atoms with Gasteiger partial charge in [-0.25, -0.2) is 9.18 Å².